The summed E-state index contributed by atoms with van der Waals surface area (Å²) in [6.45, 7) is 0.878. The van der Waals surface area contributed by atoms with Gasteiger partial charge in [-0.05, 0) is 36.2 Å². The Morgan fingerprint density at radius 2 is 1.96 bits per heavy atom. The maximum absolute atomic E-state index is 14.5. The first-order valence-electron chi connectivity index (χ1n) is 8.05. The maximum atomic E-state index is 14.5. The summed E-state index contributed by atoms with van der Waals surface area (Å²) >= 11 is 10.6. The third-order valence-corrected chi connectivity index (χ3v) is 7.36. The highest BCUT2D eigenvalue weighted by Crippen LogP contribution is 2.59. The molecule has 10 heteroatoms. The zero-order chi connectivity index (χ0) is 20.5. The van der Waals surface area contributed by atoms with Crippen LogP contribution in [-0.4, -0.2) is 19.8 Å². The number of rotatable bonds is 6. The largest absolute Gasteiger partial charge is 0.366 e. The molecule has 0 spiro atoms. The number of nitrogens with zero attached hydrogens (tertiary/aromatic N) is 1. The molecule has 0 bridgehead atoms. The average Bonchev–Trinajstić information content (AvgIpc) is 3.08. The minimum Gasteiger partial charge on any atom is -0.333 e. The molecule has 3 rings (SSSR count). The lowest BCUT2D eigenvalue weighted by molar-refractivity contribution is 0.221. The van der Waals surface area contributed by atoms with E-state index in [4.69, 9.17) is 11.6 Å². The van der Waals surface area contributed by atoms with Crippen LogP contribution in [-0.2, 0) is 15.7 Å². The summed E-state index contributed by atoms with van der Waals surface area (Å²) in [4.78, 5) is 26.1. The molecule has 1 heterocycles. The van der Waals surface area contributed by atoms with Crippen molar-refractivity contribution in [2.45, 2.75) is 23.2 Å². The van der Waals surface area contributed by atoms with Gasteiger partial charge in [-0.1, -0.05) is 63.6 Å². The van der Waals surface area contributed by atoms with Gasteiger partial charge in [0.05, 0.1) is 11.9 Å². The van der Waals surface area contributed by atoms with Gasteiger partial charge in [-0.2, -0.15) is 0 Å². The Kier molecular flexibility index (Phi) is 6.39. The van der Waals surface area contributed by atoms with Crippen molar-refractivity contribution < 1.29 is 18.7 Å². The van der Waals surface area contributed by atoms with E-state index in [1.807, 2.05) is 12.1 Å². The molecule has 0 radical (unpaired) electrons. The summed E-state index contributed by atoms with van der Waals surface area (Å²) in [5.41, 5.74) is 2.60. The molecule has 148 valence electrons. The number of halogens is 3. The summed E-state index contributed by atoms with van der Waals surface area (Å²) in [6.07, 6.45) is 1.74. The van der Waals surface area contributed by atoms with Crippen molar-refractivity contribution in [1.29, 1.82) is 0 Å². The third-order valence-electron chi connectivity index (χ3n) is 4.16. The fourth-order valence-electron chi connectivity index (χ4n) is 2.48. The molecule has 0 saturated heterocycles. The molecule has 1 atom stereocenters. The van der Waals surface area contributed by atoms with Crippen LogP contribution in [0.3, 0.4) is 0 Å². The fraction of sp³-hybridized carbons (Fsp3) is 0.167. The molecule has 0 fully saturated rings. The normalized spacial score (nSPS) is 14.1. The van der Waals surface area contributed by atoms with E-state index in [0.29, 0.717) is 15.2 Å². The van der Waals surface area contributed by atoms with Gasteiger partial charge in [0.2, 0.25) is 5.41 Å². The minimum atomic E-state index is -4.95. The van der Waals surface area contributed by atoms with Crippen molar-refractivity contribution in [3.63, 3.8) is 0 Å². The number of benzene rings is 2. The molecule has 5 nitrogen and oxygen atoms in total. The van der Waals surface area contributed by atoms with Crippen molar-refractivity contribution in [2.75, 3.05) is 0 Å². The number of thioether (sulfide) groups is 1. The van der Waals surface area contributed by atoms with E-state index in [1.165, 1.54) is 17.8 Å². The summed E-state index contributed by atoms with van der Waals surface area (Å²) in [6, 6.07) is 12.1. The third kappa shape index (κ3) is 4.70. The van der Waals surface area contributed by atoms with Gasteiger partial charge in [-0.15, -0.1) is 0 Å². The van der Waals surface area contributed by atoms with E-state index >= 15 is 0 Å². The van der Waals surface area contributed by atoms with Crippen LogP contribution in [0, 0.1) is 0 Å². The van der Waals surface area contributed by atoms with Crippen molar-refractivity contribution >= 4 is 46.9 Å². The van der Waals surface area contributed by atoms with Crippen molar-refractivity contribution in [3.8, 4) is 11.3 Å². The number of H-pyrrole nitrogens is 1. The first-order valence-corrected chi connectivity index (χ1v) is 11.8. The van der Waals surface area contributed by atoms with Gasteiger partial charge in [0, 0.05) is 20.8 Å². The van der Waals surface area contributed by atoms with E-state index in [0.717, 1.165) is 28.9 Å². The first-order chi connectivity index (χ1) is 13.1. The van der Waals surface area contributed by atoms with Gasteiger partial charge in [0.15, 0.2) is 5.16 Å². The summed E-state index contributed by atoms with van der Waals surface area (Å²) in [5.74, 6) is 0.547. The maximum Gasteiger partial charge on any atom is 0.366 e. The number of imidazole rings is 1. The monoisotopic (exact) mass is 504 g/mol. The molecule has 2 aromatic carbocycles. The van der Waals surface area contributed by atoms with Crippen LogP contribution in [0.1, 0.15) is 18.1 Å². The molecule has 1 aromatic heterocycles. The molecule has 1 unspecified atom stereocenters. The Hall–Kier alpha value is -1.15. The molecule has 28 heavy (non-hydrogen) atoms. The Morgan fingerprint density at radius 3 is 2.57 bits per heavy atom. The highest BCUT2D eigenvalue weighted by atomic mass is 79.9. The van der Waals surface area contributed by atoms with Gasteiger partial charge in [-0.25, -0.2) is 9.37 Å². The van der Waals surface area contributed by atoms with Gasteiger partial charge in [0.1, 0.15) is 0 Å². The van der Waals surface area contributed by atoms with E-state index in [2.05, 4.69) is 25.9 Å². The Labute approximate surface area is 179 Å². The molecule has 3 N–H and O–H groups in total. The second-order valence-electron chi connectivity index (χ2n) is 6.21. The van der Waals surface area contributed by atoms with Crippen LogP contribution in [0.15, 0.2) is 58.3 Å². The zero-order valence-electron chi connectivity index (χ0n) is 14.6. The lowest BCUT2D eigenvalue weighted by atomic mass is 10.1. The van der Waals surface area contributed by atoms with E-state index in [9.17, 15) is 18.7 Å². The van der Waals surface area contributed by atoms with Gasteiger partial charge >= 0.3 is 7.60 Å². The zero-order valence-corrected chi connectivity index (χ0v) is 18.6. The quantitative estimate of drug-likeness (QED) is 0.278. The highest BCUT2D eigenvalue weighted by Gasteiger charge is 2.45. The molecular weight excluding hydrogens is 490 g/mol. The Bertz CT molecular complexity index is 1040. The van der Waals surface area contributed by atoms with Crippen LogP contribution < -0.4 is 0 Å². The number of hydrogen-bond donors (Lipinski definition) is 3. The van der Waals surface area contributed by atoms with Gasteiger partial charge < -0.3 is 14.8 Å². The van der Waals surface area contributed by atoms with E-state index in [1.54, 1.807) is 30.5 Å². The number of alkyl halides is 1. The number of nitrogens with one attached hydrogen (secondary N) is 1. The van der Waals surface area contributed by atoms with Crippen molar-refractivity contribution in [2.24, 2.45) is 0 Å². The van der Waals surface area contributed by atoms with Gasteiger partial charge in [0.25, 0.3) is 0 Å². The topological polar surface area (TPSA) is 86.2 Å². The van der Waals surface area contributed by atoms with Crippen molar-refractivity contribution in [3.05, 3.63) is 69.3 Å². The second kappa shape index (κ2) is 8.30. The number of aromatic amines is 1. The minimum absolute atomic E-state index is 0.0855. The number of hydrogen-bond acceptors (Lipinski definition) is 3. The smallest absolute Gasteiger partial charge is 0.333 e. The molecule has 0 saturated carbocycles. The Morgan fingerprint density at radius 1 is 1.29 bits per heavy atom. The average molecular weight is 506 g/mol. The number of aromatic nitrogens is 2. The Balaban J connectivity index is 1.71. The predicted molar refractivity (Wildman–Crippen MR) is 113 cm³/mol. The standard InChI is InChI=1S/C18H16BrClFN2O3PS/c1-18(21,27(24,25)26)14-7-2-11(8-15(14)19)10-28-17-22-9-16(23-17)12-3-5-13(20)6-4-12/h2-9H,10H2,1H3,(H,22,23)(H2,24,25,26). The molecule has 0 aliphatic carbocycles. The van der Waals surface area contributed by atoms with Gasteiger partial charge in [-0.3, -0.25) is 4.57 Å². The lowest BCUT2D eigenvalue weighted by Crippen LogP contribution is -2.16. The predicted octanol–water partition coefficient (Wildman–Crippen LogP) is 6.10. The molecule has 3 aromatic rings. The molecule has 0 amide bonds. The van der Waals surface area contributed by atoms with Crippen LogP contribution in [0.4, 0.5) is 4.39 Å². The summed E-state index contributed by atoms with van der Waals surface area (Å²) in [5, 5.41) is -1.38. The SMILES string of the molecule is CC(F)(c1ccc(CSc2ncc(-c3ccc(Cl)cc3)[nH]2)cc1Br)P(=O)(O)O. The van der Waals surface area contributed by atoms with E-state index in [-0.39, 0.29) is 5.56 Å². The van der Waals surface area contributed by atoms with Crippen LogP contribution in [0.25, 0.3) is 11.3 Å². The highest BCUT2D eigenvalue weighted by molar-refractivity contribution is 9.10. The first kappa shape index (κ1) is 21.6. The molecule has 0 aliphatic heterocycles. The summed E-state index contributed by atoms with van der Waals surface area (Å²) < 4.78 is 26.3. The molecule has 0 aliphatic rings. The lowest BCUT2D eigenvalue weighted by Gasteiger charge is -2.23. The summed E-state index contributed by atoms with van der Waals surface area (Å²) in [7, 11) is -4.95. The van der Waals surface area contributed by atoms with Crippen LogP contribution in [0.5, 0.6) is 0 Å². The fourth-order valence-corrected chi connectivity index (χ4v) is 4.86. The van der Waals surface area contributed by atoms with Crippen molar-refractivity contribution in [1.82, 2.24) is 9.97 Å². The van der Waals surface area contributed by atoms with E-state index < -0.39 is 13.0 Å². The van der Waals surface area contributed by atoms with Crippen LogP contribution in [0.2, 0.25) is 5.02 Å². The molecular formula is C18H16BrClFN2O3PS. The second-order valence-corrected chi connectivity index (χ2v) is 10.4. The van der Waals surface area contributed by atoms with Crippen LogP contribution >= 0.6 is 46.9 Å².